The Morgan fingerprint density at radius 2 is 1.86 bits per heavy atom. The second-order valence-corrected chi connectivity index (χ2v) is 9.11. The van der Waals surface area contributed by atoms with Gasteiger partial charge in [0.2, 0.25) is 0 Å². The Labute approximate surface area is 214 Å². The van der Waals surface area contributed by atoms with Gasteiger partial charge >= 0.3 is 0 Å². The van der Waals surface area contributed by atoms with Crippen molar-refractivity contribution in [2.45, 2.75) is 18.9 Å². The van der Waals surface area contributed by atoms with Crippen LogP contribution in [0.3, 0.4) is 0 Å². The van der Waals surface area contributed by atoms with Crippen molar-refractivity contribution in [1.29, 1.82) is 0 Å². The van der Waals surface area contributed by atoms with E-state index in [1.54, 1.807) is 18.2 Å². The van der Waals surface area contributed by atoms with Crippen molar-refractivity contribution in [3.63, 3.8) is 0 Å². The summed E-state index contributed by atoms with van der Waals surface area (Å²) in [7, 11) is 1.84. The third-order valence-corrected chi connectivity index (χ3v) is 6.45. The maximum atomic E-state index is 14.6. The number of para-hydroxylation sites is 1. The van der Waals surface area contributed by atoms with E-state index >= 15 is 0 Å². The number of aliphatic hydroxyl groups excluding tert-OH is 1. The van der Waals surface area contributed by atoms with Gasteiger partial charge in [0, 0.05) is 24.4 Å². The molecule has 2 N–H and O–H groups in total. The van der Waals surface area contributed by atoms with E-state index in [0.29, 0.717) is 24.2 Å². The molecule has 0 spiro atoms. The van der Waals surface area contributed by atoms with Crippen molar-refractivity contribution < 1.29 is 18.7 Å². The minimum absolute atomic E-state index is 0.166. The normalized spacial score (nSPS) is 14.6. The summed E-state index contributed by atoms with van der Waals surface area (Å²) in [5.41, 5.74) is 4.21. The maximum absolute atomic E-state index is 14.6. The Morgan fingerprint density at radius 3 is 2.62 bits per heavy atom. The smallest absolute Gasteiger partial charge is 0.167 e. The summed E-state index contributed by atoms with van der Waals surface area (Å²) in [6.45, 7) is 0.335. The summed E-state index contributed by atoms with van der Waals surface area (Å²) in [6, 6.07) is 19.3. The van der Waals surface area contributed by atoms with E-state index in [0.717, 1.165) is 40.3 Å². The van der Waals surface area contributed by atoms with Crippen molar-refractivity contribution in [2.75, 3.05) is 20.2 Å². The number of furan rings is 1. The Bertz CT molecular complexity index is 1530. The van der Waals surface area contributed by atoms with Crippen LogP contribution in [-0.2, 0) is 4.79 Å². The molecule has 0 saturated heterocycles. The quantitative estimate of drug-likeness (QED) is 0.105. The van der Waals surface area contributed by atoms with Gasteiger partial charge in [0.05, 0.1) is 30.1 Å². The number of likely N-dealkylation sites (N-methyl/N-ethyl adjacent to an activating group) is 1. The lowest BCUT2D eigenvalue weighted by atomic mass is 10.0. The fourth-order valence-electron chi connectivity index (χ4n) is 4.27. The molecule has 188 valence electrons. The minimum atomic E-state index is -0.557. The summed E-state index contributed by atoms with van der Waals surface area (Å²) in [6.07, 6.45) is 6.34. The Hall–Kier alpha value is -4.23. The zero-order valence-corrected chi connectivity index (χ0v) is 20.5. The van der Waals surface area contributed by atoms with Crippen LogP contribution in [-0.4, -0.2) is 42.3 Å². The second kappa shape index (κ2) is 10.8. The number of amidine groups is 1. The number of aliphatic imine (C=N–C) groups is 1. The number of aldehydes is 1. The van der Waals surface area contributed by atoms with Gasteiger partial charge < -0.3 is 19.7 Å². The second-order valence-electron chi connectivity index (χ2n) is 9.11. The first-order chi connectivity index (χ1) is 18.1. The number of aliphatic hydroxyl groups is 1. The summed E-state index contributed by atoms with van der Waals surface area (Å²) in [4.78, 5) is 18.3. The molecule has 6 nitrogen and oxygen atoms in total. The molecular weight excluding hydrogens is 469 g/mol. The molecule has 5 rings (SSSR count). The topological polar surface area (TPSA) is 78.1 Å². The van der Waals surface area contributed by atoms with Crippen molar-refractivity contribution >= 4 is 34.1 Å². The van der Waals surface area contributed by atoms with Crippen molar-refractivity contribution in [2.24, 2.45) is 4.99 Å². The first-order valence-corrected chi connectivity index (χ1v) is 12.2. The van der Waals surface area contributed by atoms with E-state index in [1.165, 1.54) is 17.8 Å². The predicted molar refractivity (Wildman–Crippen MR) is 144 cm³/mol. The van der Waals surface area contributed by atoms with Crippen molar-refractivity contribution in [3.05, 3.63) is 107 Å². The number of carbonyl (C=O) groups excluding carboxylic acids is 1. The van der Waals surface area contributed by atoms with Crippen LogP contribution < -0.4 is 5.32 Å². The molecule has 7 heteroatoms. The molecule has 37 heavy (non-hydrogen) atoms. The molecule has 1 fully saturated rings. The highest BCUT2D eigenvalue weighted by Crippen LogP contribution is 2.31. The summed E-state index contributed by atoms with van der Waals surface area (Å²) < 4.78 is 20.5. The van der Waals surface area contributed by atoms with Gasteiger partial charge in [-0.1, -0.05) is 48.0 Å². The number of carbonyl (C=O) groups is 1. The number of allylic oxidation sites excluding steroid dienone is 2. The van der Waals surface area contributed by atoms with E-state index < -0.39 is 11.9 Å². The first-order valence-electron chi connectivity index (χ1n) is 12.2. The van der Waals surface area contributed by atoms with Crippen LogP contribution in [0.2, 0.25) is 0 Å². The third kappa shape index (κ3) is 5.47. The number of hydrogen-bond donors (Lipinski definition) is 2. The number of nitrogens with one attached hydrogen (secondary N) is 1. The lowest BCUT2D eigenvalue weighted by molar-refractivity contribution is -0.105. The first kappa shape index (κ1) is 24.5. The van der Waals surface area contributed by atoms with Gasteiger partial charge in [-0.2, -0.15) is 0 Å². The molecule has 0 radical (unpaired) electrons. The number of nitrogens with zero attached hydrogens (tertiary/aromatic N) is 2. The number of benzene rings is 3. The summed E-state index contributed by atoms with van der Waals surface area (Å²) in [5.74, 6) is 0.0126. The van der Waals surface area contributed by atoms with Crippen LogP contribution in [0, 0.1) is 5.82 Å². The molecule has 1 aromatic heterocycles. The van der Waals surface area contributed by atoms with Crippen molar-refractivity contribution in [3.8, 4) is 0 Å². The molecule has 0 amide bonds. The zero-order valence-electron chi connectivity index (χ0n) is 20.5. The summed E-state index contributed by atoms with van der Waals surface area (Å²) in [5, 5.41) is 15.1. The molecule has 1 aliphatic carbocycles. The molecule has 1 saturated carbocycles. The van der Waals surface area contributed by atoms with Crippen LogP contribution >= 0.6 is 0 Å². The molecule has 0 aliphatic heterocycles. The van der Waals surface area contributed by atoms with Gasteiger partial charge in [0.25, 0.3) is 0 Å². The lowest BCUT2D eigenvalue weighted by Gasteiger charge is -2.21. The predicted octanol–water partition coefficient (Wildman–Crippen LogP) is 5.49. The average molecular weight is 498 g/mol. The number of rotatable bonds is 9. The number of fused-ring (bicyclic) bond motifs is 3. The van der Waals surface area contributed by atoms with Crippen LogP contribution in [0.4, 0.5) is 4.39 Å². The Balaban J connectivity index is 1.44. The molecule has 1 heterocycles. The van der Waals surface area contributed by atoms with E-state index in [2.05, 4.69) is 16.4 Å². The highest BCUT2D eigenvalue weighted by Gasteiger charge is 2.17. The van der Waals surface area contributed by atoms with Gasteiger partial charge in [0.1, 0.15) is 22.8 Å². The highest BCUT2D eigenvalue weighted by atomic mass is 19.1. The maximum Gasteiger partial charge on any atom is 0.167 e. The van der Waals surface area contributed by atoms with E-state index in [-0.39, 0.29) is 12.3 Å². The molecule has 4 aromatic rings. The fourth-order valence-corrected chi connectivity index (χ4v) is 4.27. The molecule has 0 bridgehead atoms. The van der Waals surface area contributed by atoms with Crippen molar-refractivity contribution in [1.82, 2.24) is 10.2 Å². The van der Waals surface area contributed by atoms with Crippen LogP contribution in [0.25, 0.3) is 21.9 Å². The molecule has 1 atom stereocenters. The summed E-state index contributed by atoms with van der Waals surface area (Å²) >= 11 is 0. The molecule has 1 aliphatic rings. The third-order valence-electron chi connectivity index (χ3n) is 6.45. The highest BCUT2D eigenvalue weighted by molar-refractivity contribution is 6.05. The van der Waals surface area contributed by atoms with Gasteiger partial charge in [-0.25, -0.2) is 9.38 Å². The monoisotopic (exact) mass is 497 g/mol. The van der Waals surface area contributed by atoms with E-state index in [1.807, 2.05) is 54.4 Å². The Kier molecular flexibility index (Phi) is 7.14. The SMILES string of the molecule is CN(CC=C1CC1)C(=N/C=C(\C=O)NC(CO)c1ccc2oc3ccccc3c2c1)c1ccccc1F. The fraction of sp³-hybridized carbons (Fsp3) is 0.200. The molecule has 3 aromatic carbocycles. The molecular formula is C30H28FN3O3. The van der Waals surface area contributed by atoms with Gasteiger partial charge in [-0.15, -0.1) is 0 Å². The van der Waals surface area contributed by atoms with Crippen LogP contribution in [0.1, 0.15) is 30.0 Å². The Morgan fingerprint density at radius 1 is 1.11 bits per heavy atom. The minimum Gasteiger partial charge on any atom is -0.456 e. The van der Waals surface area contributed by atoms with Gasteiger partial charge in [-0.05, 0) is 48.7 Å². The van der Waals surface area contributed by atoms with Gasteiger partial charge in [-0.3, -0.25) is 4.79 Å². The van der Waals surface area contributed by atoms with Crippen LogP contribution in [0.5, 0.6) is 0 Å². The van der Waals surface area contributed by atoms with Crippen LogP contribution in [0.15, 0.2) is 99.7 Å². The lowest BCUT2D eigenvalue weighted by Crippen LogP contribution is -2.29. The molecule has 1 unspecified atom stereocenters. The number of halogens is 1. The van der Waals surface area contributed by atoms with E-state index in [9.17, 15) is 14.3 Å². The van der Waals surface area contributed by atoms with E-state index in [4.69, 9.17) is 4.42 Å². The zero-order chi connectivity index (χ0) is 25.8. The largest absolute Gasteiger partial charge is 0.456 e. The number of hydrogen-bond acceptors (Lipinski definition) is 5. The average Bonchev–Trinajstić information content (AvgIpc) is 3.68. The standard InChI is InChI=1S/C30H28FN3O3/c1-34(15-14-20-10-11-20)30(24-7-2-4-8-26(24)31)32-17-22(18-35)33-27(19-36)21-12-13-29-25(16-21)23-6-3-5-9-28(23)37-29/h2-9,12-14,16-18,27,33,36H,10-11,15,19H2,1H3/b22-17+,32-30?. The van der Waals surface area contributed by atoms with Gasteiger partial charge in [0.15, 0.2) is 6.29 Å².